The molecule has 0 spiro atoms. The Hall–Kier alpha value is -1.70. The average molecular weight is 292 g/mol. The summed E-state index contributed by atoms with van der Waals surface area (Å²) < 4.78 is 48.5. The van der Waals surface area contributed by atoms with Crippen molar-refractivity contribution < 1.29 is 22.0 Å². The van der Waals surface area contributed by atoms with Gasteiger partial charge in [0.15, 0.2) is 0 Å². The monoisotopic (exact) mass is 292 g/mol. The molecule has 1 aromatic rings. The smallest absolute Gasteiger partial charge is 0.251 e. The lowest BCUT2D eigenvalue weighted by molar-refractivity contribution is 0.0955. The van der Waals surface area contributed by atoms with Crippen molar-refractivity contribution in [1.82, 2.24) is 5.32 Å². The van der Waals surface area contributed by atoms with E-state index >= 15 is 0 Å². The van der Waals surface area contributed by atoms with Crippen molar-refractivity contribution in [3.63, 3.8) is 0 Å². The van der Waals surface area contributed by atoms with E-state index in [1.165, 1.54) is 7.05 Å². The van der Waals surface area contributed by atoms with E-state index in [-0.39, 0.29) is 23.5 Å². The van der Waals surface area contributed by atoms with Gasteiger partial charge in [0.2, 0.25) is 0 Å². The third-order valence-electron chi connectivity index (χ3n) is 2.31. The summed E-state index contributed by atoms with van der Waals surface area (Å²) in [6.07, 6.45) is 1.03. The molecule has 1 aromatic carbocycles. The number of halogens is 2. The summed E-state index contributed by atoms with van der Waals surface area (Å²) in [5, 5.41) is 4.61. The minimum atomic E-state index is -3.20. The van der Waals surface area contributed by atoms with Crippen LogP contribution in [0.15, 0.2) is 12.1 Å². The fourth-order valence-corrected chi connectivity index (χ4v) is 1.87. The van der Waals surface area contributed by atoms with Crippen LogP contribution in [0.2, 0.25) is 0 Å². The first-order valence-corrected chi connectivity index (χ1v) is 7.43. The van der Waals surface area contributed by atoms with Gasteiger partial charge in [0.25, 0.3) is 5.91 Å². The third kappa shape index (κ3) is 4.47. The molecule has 0 aliphatic rings. The summed E-state index contributed by atoms with van der Waals surface area (Å²) >= 11 is 0. The quantitative estimate of drug-likeness (QED) is 0.841. The zero-order chi connectivity index (χ0) is 14.6. The van der Waals surface area contributed by atoms with Crippen molar-refractivity contribution in [2.24, 2.45) is 0 Å². The molecule has 0 aliphatic heterocycles. The first kappa shape index (κ1) is 15.4. The molecule has 0 fully saturated rings. The van der Waals surface area contributed by atoms with Gasteiger partial charge < -0.3 is 10.6 Å². The molecule has 0 aliphatic carbocycles. The van der Waals surface area contributed by atoms with Gasteiger partial charge in [-0.3, -0.25) is 4.79 Å². The molecular formula is C11H14F2N2O3S. The molecule has 5 nitrogen and oxygen atoms in total. The lowest BCUT2D eigenvalue weighted by Gasteiger charge is -2.08. The Morgan fingerprint density at radius 1 is 1.26 bits per heavy atom. The summed E-state index contributed by atoms with van der Waals surface area (Å²) in [5.41, 5.74) is -0.532. The molecule has 0 heterocycles. The van der Waals surface area contributed by atoms with Gasteiger partial charge in [-0.1, -0.05) is 0 Å². The highest BCUT2D eigenvalue weighted by molar-refractivity contribution is 7.90. The molecule has 0 radical (unpaired) electrons. The molecule has 0 unspecified atom stereocenters. The highest BCUT2D eigenvalue weighted by Gasteiger charge is 2.14. The summed E-state index contributed by atoms with van der Waals surface area (Å²) in [6, 6.07) is 1.76. The van der Waals surface area contributed by atoms with Gasteiger partial charge in [-0.2, -0.15) is 0 Å². The van der Waals surface area contributed by atoms with Crippen molar-refractivity contribution in [1.29, 1.82) is 0 Å². The van der Waals surface area contributed by atoms with E-state index in [0.717, 1.165) is 18.4 Å². The van der Waals surface area contributed by atoms with Crippen molar-refractivity contribution in [3.8, 4) is 0 Å². The molecular weight excluding hydrogens is 278 g/mol. The van der Waals surface area contributed by atoms with Crippen LogP contribution in [0.4, 0.5) is 14.5 Å². The Morgan fingerprint density at radius 3 is 2.21 bits per heavy atom. The maximum absolute atomic E-state index is 13.4. The molecule has 0 saturated carbocycles. The van der Waals surface area contributed by atoms with E-state index in [4.69, 9.17) is 0 Å². The number of sulfone groups is 1. The van der Waals surface area contributed by atoms with E-state index in [1.807, 2.05) is 0 Å². The third-order valence-corrected chi connectivity index (χ3v) is 3.26. The maximum Gasteiger partial charge on any atom is 0.251 e. The molecule has 1 amide bonds. The van der Waals surface area contributed by atoms with Crippen LogP contribution in [0.3, 0.4) is 0 Å². The second-order valence-electron chi connectivity index (χ2n) is 3.95. The summed E-state index contributed by atoms with van der Waals surface area (Å²) in [7, 11) is -1.85. The number of hydrogen-bond donors (Lipinski definition) is 2. The molecule has 19 heavy (non-hydrogen) atoms. The maximum atomic E-state index is 13.4. The SMILES string of the molecule is CNc1c(F)cc(C(=O)NCCS(C)(=O)=O)cc1F. The van der Waals surface area contributed by atoms with E-state index < -0.39 is 27.4 Å². The van der Waals surface area contributed by atoms with E-state index in [1.54, 1.807) is 0 Å². The van der Waals surface area contributed by atoms with Gasteiger partial charge >= 0.3 is 0 Å². The van der Waals surface area contributed by atoms with Crippen molar-refractivity contribution in [3.05, 3.63) is 29.3 Å². The molecule has 0 atom stereocenters. The number of amides is 1. The van der Waals surface area contributed by atoms with Gasteiger partial charge in [-0.15, -0.1) is 0 Å². The molecule has 1 rings (SSSR count). The van der Waals surface area contributed by atoms with Crippen molar-refractivity contribution >= 4 is 21.4 Å². The second-order valence-corrected chi connectivity index (χ2v) is 6.21. The number of hydrogen-bond acceptors (Lipinski definition) is 4. The van der Waals surface area contributed by atoms with Crippen LogP contribution in [0, 0.1) is 11.6 Å². The van der Waals surface area contributed by atoms with Gasteiger partial charge in [-0.05, 0) is 12.1 Å². The minimum absolute atomic E-state index is 0.116. The number of carbonyl (C=O) groups excluding carboxylic acids is 1. The number of carbonyl (C=O) groups is 1. The van der Waals surface area contributed by atoms with Crippen LogP contribution in [0.25, 0.3) is 0 Å². The topological polar surface area (TPSA) is 75.3 Å². The zero-order valence-corrected chi connectivity index (χ0v) is 11.3. The first-order valence-electron chi connectivity index (χ1n) is 5.37. The number of benzene rings is 1. The average Bonchev–Trinajstić information content (AvgIpc) is 2.26. The Kier molecular flexibility index (Phi) is 4.82. The van der Waals surface area contributed by atoms with Crippen LogP contribution in [-0.2, 0) is 9.84 Å². The van der Waals surface area contributed by atoms with Gasteiger partial charge in [0.1, 0.15) is 27.2 Å². The van der Waals surface area contributed by atoms with E-state index in [9.17, 15) is 22.0 Å². The molecule has 2 N–H and O–H groups in total. The lowest BCUT2D eigenvalue weighted by atomic mass is 10.1. The van der Waals surface area contributed by atoms with Crippen molar-refractivity contribution in [2.45, 2.75) is 0 Å². The van der Waals surface area contributed by atoms with Crippen LogP contribution >= 0.6 is 0 Å². The predicted octanol–water partition coefficient (Wildman–Crippen LogP) is 0.781. The van der Waals surface area contributed by atoms with Crippen molar-refractivity contribution in [2.75, 3.05) is 30.9 Å². The first-order chi connectivity index (χ1) is 8.74. The molecule has 0 aromatic heterocycles. The highest BCUT2D eigenvalue weighted by atomic mass is 32.2. The van der Waals surface area contributed by atoms with Crippen LogP contribution in [-0.4, -0.2) is 39.9 Å². The molecule has 106 valence electrons. The lowest BCUT2D eigenvalue weighted by Crippen LogP contribution is -2.29. The zero-order valence-electron chi connectivity index (χ0n) is 10.5. The fourth-order valence-electron chi connectivity index (χ4n) is 1.40. The normalized spacial score (nSPS) is 11.2. The van der Waals surface area contributed by atoms with Gasteiger partial charge in [0.05, 0.1) is 5.75 Å². The number of anilines is 1. The summed E-state index contributed by atoms with van der Waals surface area (Å²) in [5.74, 6) is -2.76. The highest BCUT2D eigenvalue weighted by Crippen LogP contribution is 2.19. The number of rotatable bonds is 5. The molecule has 0 saturated heterocycles. The Bertz CT molecular complexity index is 565. The fraction of sp³-hybridized carbons (Fsp3) is 0.364. The Balaban J connectivity index is 2.78. The summed E-state index contributed by atoms with van der Waals surface area (Å²) in [4.78, 5) is 11.6. The standard InChI is InChI=1S/C11H14F2N2O3S/c1-14-10-8(12)5-7(6-9(10)13)11(16)15-3-4-19(2,17)18/h5-6,14H,3-4H2,1-2H3,(H,15,16). The summed E-state index contributed by atoms with van der Waals surface area (Å²) in [6.45, 7) is -0.116. The Morgan fingerprint density at radius 2 is 1.79 bits per heavy atom. The van der Waals surface area contributed by atoms with Gasteiger partial charge in [-0.25, -0.2) is 17.2 Å². The largest absolute Gasteiger partial charge is 0.383 e. The van der Waals surface area contributed by atoms with Crippen LogP contribution < -0.4 is 10.6 Å². The van der Waals surface area contributed by atoms with Crippen LogP contribution in [0.1, 0.15) is 10.4 Å². The minimum Gasteiger partial charge on any atom is -0.383 e. The van der Waals surface area contributed by atoms with E-state index in [0.29, 0.717) is 0 Å². The van der Waals surface area contributed by atoms with E-state index in [2.05, 4.69) is 10.6 Å². The van der Waals surface area contributed by atoms with Gasteiger partial charge in [0, 0.05) is 25.4 Å². The Labute approximate surface area is 109 Å². The predicted molar refractivity (Wildman–Crippen MR) is 67.9 cm³/mol. The number of nitrogens with one attached hydrogen (secondary N) is 2. The molecule has 8 heteroatoms. The second kappa shape index (κ2) is 5.96. The molecule has 0 bridgehead atoms. The van der Waals surface area contributed by atoms with Crippen LogP contribution in [0.5, 0.6) is 0 Å².